The normalized spacial score (nSPS) is 18.8. The lowest BCUT2D eigenvalue weighted by atomic mass is 10.1. The molecule has 0 aliphatic carbocycles. The molecule has 2 rings (SSSR count). The average Bonchev–Trinajstić information content (AvgIpc) is 2.38. The van der Waals surface area contributed by atoms with Crippen LogP contribution >= 0.6 is 11.6 Å². The second kappa shape index (κ2) is 6.04. The van der Waals surface area contributed by atoms with Crippen LogP contribution in [0.3, 0.4) is 0 Å². The van der Waals surface area contributed by atoms with Gasteiger partial charge < -0.3 is 15.4 Å². The first-order valence-electron chi connectivity index (χ1n) is 6.02. The van der Waals surface area contributed by atoms with Crippen LogP contribution < -0.4 is 10.6 Å². The van der Waals surface area contributed by atoms with Gasteiger partial charge in [-0.3, -0.25) is 9.59 Å². The Morgan fingerprint density at radius 2 is 2.37 bits per heavy atom. The molecule has 0 spiro atoms. The lowest BCUT2D eigenvalue weighted by Gasteiger charge is -2.22. The van der Waals surface area contributed by atoms with Crippen molar-refractivity contribution in [2.75, 3.05) is 18.5 Å². The van der Waals surface area contributed by atoms with Gasteiger partial charge in [0.15, 0.2) is 0 Å². The number of halogens is 1. The fourth-order valence-electron chi connectivity index (χ4n) is 1.83. The predicted molar refractivity (Wildman–Crippen MR) is 72.2 cm³/mol. The molecule has 0 saturated carbocycles. The van der Waals surface area contributed by atoms with Gasteiger partial charge in [0.2, 0.25) is 11.8 Å². The van der Waals surface area contributed by atoms with Gasteiger partial charge in [-0.15, -0.1) is 0 Å². The summed E-state index contributed by atoms with van der Waals surface area (Å²) in [5.41, 5.74) is 1.44. The van der Waals surface area contributed by atoms with E-state index >= 15 is 0 Å². The summed E-state index contributed by atoms with van der Waals surface area (Å²) < 4.78 is 5.25. The second-order valence-corrected chi connectivity index (χ2v) is 4.72. The number of nitrogens with one attached hydrogen (secondary N) is 2. The Bertz CT molecular complexity index is 505. The van der Waals surface area contributed by atoms with Gasteiger partial charge in [-0.2, -0.15) is 0 Å². The summed E-state index contributed by atoms with van der Waals surface area (Å²) in [6.07, 6.45) is -0.717. The van der Waals surface area contributed by atoms with Crippen molar-refractivity contribution >= 4 is 29.1 Å². The molecule has 1 aliphatic heterocycles. The molecule has 5 nitrogen and oxygen atoms in total. The zero-order chi connectivity index (χ0) is 13.8. The minimum Gasteiger partial charge on any atom is -0.366 e. The van der Waals surface area contributed by atoms with Crippen LogP contribution in [0.25, 0.3) is 0 Å². The fourth-order valence-corrected chi connectivity index (χ4v) is 2.00. The number of rotatable bonds is 3. The summed E-state index contributed by atoms with van der Waals surface area (Å²) >= 11 is 5.97. The third-order valence-electron chi connectivity index (χ3n) is 2.93. The topological polar surface area (TPSA) is 67.4 Å². The minimum absolute atomic E-state index is 0.00220. The van der Waals surface area contributed by atoms with E-state index in [4.69, 9.17) is 16.3 Å². The van der Waals surface area contributed by atoms with Gasteiger partial charge >= 0.3 is 0 Å². The molecule has 1 aromatic rings. The minimum atomic E-state index is -0.715. The molecular weight excluding hydrogens is 268 g/mol. The maximum atomic E-state index is 11.9. The molecule has 2 amide bonds. The molecule has 2 N–H and O–H groups in total. The quantitative estimate of drug-likeness (QED) is 0.883. The van der Waals surface area contributed by atoms with E-state index in [0.29, 0.717) is 23.9 Å². The van der Waals surface area contributed by atoms with Crippen LogP contribution in [-0.2, 0) is 14.3 Å². The molecular formula is C13H15ClN2O3. The maximum absolute atomic E-state index is 11.9. The zero-order valence-corrected chi connectivity index (χ0v) is 11.3. The van der Waals surface area contributed by atoms with E-state index < -0.39 is 6.10 Å². The Balaban J connectivity index is 1.97. The summed E-state index contributed by atoms with van der Waals surface area (Å²) in [5.74, 6) is -0.517. The predicted octanol–water partition coefficient (Wildman–Crippen LogP) is 1.49. The summed E-state index contributed by atoms with van der Waals surface area (Å²) in [7, 11) is 0. The van der Waals surface area contributed by atoms with Gasteiger partial charge in [-0.1, -0.05) is 17.7 Å². The summed E-state index contributed by atoms with van der Waals surface area (Å²) in [6.45, 7) is 2.74. The highest BCUT2D eigenvalue weighted by molar-refractivity contribution is 6.31. The zero-order valence-electron chi connectivity index (χ0n) is 10.5. The van der Waals surface area contributed by atoms with Crippen LogP contribution in [0.2, 0.25) is 5.02 Å². The Kier molecular flexibility index (Phi) is 4.39. The van der Waals surface area contributed by atoms with E-state index in [1.54, 1.807) is 18.2 Å². The Hall–Kier alpha value is -1.59. The van der Waals surface area contributed by atoms with Gasteiger partial charge in [0.25, 0.3) is 0 Å². The van der Waals surface area contributed by atoms with Crippen LogP contribution in [0, 0.1) is 6.92 Å². The number of carbonyl (C=O) groups excluding carboxylic acids is 2. The van der Waals surface area contributed by atoms with Crippen molar-refractivity contribution in [3.05, 3.63) is 28.8 Å². The third-order valence-corrected chi connectivity index (χ3v) is 3.33. The van der Waals surface area contributed by atoms with E-state index in [1.165, 1.54) is 0 Å². The van der Waals surface area contributed by atoms with E-state index in [-0.39, 0.29) is 18.2 Å². The first kappa shape index (κ1) is 13.8. The molecule has 1 aromatic carbocycles. The summed E-state index contributed by atoms with van der Waals surface area (Å²) in [5, 5.41) is 5.98. The van der Waals surface area contributed by atoms with E-state index in [2.05, 4.69) is 10.6 Å². The average molecular weight is 283 g/mol. The molecule has 102 valence electrons. The first-order valence-corrected chi connectivity index (χ1v) is 6.40. The number of hydrogen-bond acceptors (Lipinski definition) is 3. The number of anilines is 1. The second-order valence-electron chi connectivity index (χ2n) is 4.32. The lowest BCUT2D eigenvalue weighted by molar-refractivity contribution is -0.141. The van der Waals surface area contributed by atoms with Crippen molar-refractivity contribution in [3.8, 4) is 0 Å². The highest BCUT2D eigenvalue weighted by atomic mass is 35.5. The van der Waals surface area contributed by atoms with Gasteiger partial charge in [-0.05, 0) is 24.6 Å². The van der Waals surface area contributed by atoms with Gasteiger partial charge in [-0.25, -0.2) is 0 Å². The number of hydrogen-bond donors (Lipinski definition) is 2. The Morgan fingerprint density at radius 3 is 3.11 bits per heavy atom. The Morgan fingerprint density at radius 1 is 1.58 bits per heavy atom. The van der Waals surface area contributed by atoms with Gasteiger partial charge in [0.1, 0.15) is 6.10 Å². The molecule has 1 atom stereocenters. The lowest BCUT2D eigenvalue weighted by Crippen LogP contribution is -2.45. The standard InChI is InChI=1S/C13H15ClN2O3/c1-8-9(14)3-2-4-10(8)16-12(17)7-11-13(18)15-5-6-19-11/h2-4,11H,5-7H2,1H3,(H,15,18)(H,16,17). The van der Waals surface area contributed by atoms with Crippen molar-refractivity contribution in [3.63, 3.8) is 0 Å². The van der Waals surface area contributed by atoms with Gasteiger partial charge in [0, 0.05) is 17.3 Å². The van der Waals surface area contributed by atoms with Crippen molar-refractivity contribution in [2.24, 2.45) is 0 Å². The van der Waals surface area contributed by atoms with Crippen LogP contribution in [0.15, 0.2) is 18.2 Å². The SMILES string of the molecule is Cc1c(Cl)cccc1NC(=O)CC1OCCNC1=O. The molecule has 1 heterocycles. The van der Waals surface area contributed by atoms with Gasteiger partial charge in [0.05, 0.1) is 13.0 Å². The highest BCUT2D eigenvalue weighted by Gasteiger charge is 2.25. The molecule has 1 unspecified atom stereocenters. The number of ether oxygens (including phenoxy) is 1. The monoisotopic (exact) mass is 282 g/mol. The molecule has 1 fully saturated rings. The number of benzene rings is 1. The fraction of sp³-hybridized carbons (Fsp3) is 0.385. The first-order chi connectivity index (χ1) is 9.08. The van der Waals surface area contributed by atoms with Crippen LogP contribution in [0.4, 0.5) is 5.69 Å². The third kappa shape index (κ3) is 3.45. The highest BCUT2D eigenvalue weighted by Crippen LogP contribution is 2.23. The molecule has 0 radical (unpaired) electrons. The molecule has 6 heteroatoms. The van der Waals surface area contributed by atoms with Crippen molar-refractivity contribution < 1.29 is 14.3 Å². The van der Waals surface area contributed by atoms with Crippen LogP contribution in [0.1, 0.15) is 12.0 Å². The molecule has 0 aromatic heterocycles. The van der Waals surface area contributed by atoms with E-state index in [1.807, 2.05) is 6.92 Å². The van der Waals surface area contributed by atoms with Crippen molar-refractivity contribution in [1.29, 1.82) is 0 Å². The summed E-state index contributed by atoms with van der Waals surface area (Å²) in [4.78, 5) is 23.3. The number of morpholine rings is 1. The molecule has 1 saturated heterocycles. The largest absolute Gasteiger partial charge is 0.366 e. The Labute approximate surface area is 116 Å². The van der Waals surface area contributed by atoms with Crippen molar-refractivity contribution in [1.82, 2.24) is 5.32 Å². The molecule has 1 aliphatic rings. The maximum Gasteiger partial charge on any atom is 0.249 e. The smallest absolute Gasteiger partial charge is 0.249 e. The number of amides is 2. The van der Waals surface area contributed by atoms with Crippen LogP contribution in [0.5, 0.6) is 0 Å². The van der Waals surface area contributed by atoms with E-state index in [0.717, 1.165) is 5.56 Å². The number of carbonyl (C=O) groups is 2. The molecule has 19 heavy (non-hydrogen) atoms. The van der Waals surface area contributed by atoms with E-state index in [9.17, 15) is 9.59 Å². The molecule has 0 bridgehead atoms. The van der Waals surface area contributed by atoms with Crippen LogP contribution in [-0.4, -0.2) is 31.1 Å². The van der Waals surface area contributed by atoms with Crippen molar-refractivity contribution in [2.45, 2.75) is 19.4 Å². The summed E-state index contributed by atoms with van der Waals surface area (Å²) in [6, 6.07) is 5.28.